The largest absolute Gasteiger partial charge is 0.0842 e. The van der Waals surface area contributed by atoms with E-state index in [0.717, 1.165) is 0 Å². The van der Waals surface area contributed by atoms with Gasteiger partial charge in [-0.1, -0.05) is 57.1 Å². The lowest BCUT2D eigenvalue weighted by Crippen LogP contribution is -1.89. The molecule has 15 heavy (non-hydrogen) atoms. The van der Waals surface area contributed by atoms with Gasteiger partial charge in [0.1, 0.15) is 0 Å². The Morgan fingerprint density at radius 3 is 1.67 bits per heavy atom. The van der Waals surface area contributed by atoms with E-state index in [0.29, 0.717) is 5.92 Å². The third-order valence-corrected chi connectivity index (χ3v) is 2.31. The SMILES string of the molecule is C/C=C(\C=C/C(C)=C(C)C)C(C)C.CC. The molecule has 0 aromatic rings. The van der Waals surface area contributed by atoms with Crippen LogP contribution in [0.5, 0.6) is 0 Å². The van der Waals surface area contributed by atoms with Gasteiger partial charge in [0.2, 0.25) is 0 Å². The van der Waals surface area contributed by atoms with Gasteiger partial charge in [0.05, 0.1) is 0 Å². The van der Waals surface area contributed by atoms with Crippen molar-refractivity contribution in [3.05, 3.63) is 34.9 Å². The number of allylic oxidation sites excluding steroid dienone is 6. The maximum absolute atomic E-state index is 2.22. The van der Waals surface area contributed by atoms with E-state index >= 15 is 0 Å². The molecular weight excluding hydrogens is 180 g/mol. The standard InChI is InChI=1S/C13H22.C2H6/c1-7-13(11(4)5)9-8-12(6)10(2)3;1-2/h7-9,11H,1-6H3;1-2H3/b9-8-,13-7+;. The minimum Gasteiger partial charge on any atom is -0.0842 e. The van der Waals surface area contributed by atoms with Crippen molar-refractivity contribution in [1.82, 2.24) is 0 Å². The van der Waals surface area contributed by atoms with Gasteiger partial charge in [-0.05, 0) is 39.2 Å². The molecule has 0 unspecified atom stereocenters. The van der Waals surface area contributed by atoms with Gasteiger partial charge in [-0.15, -0.1) is 0 Å². The van der Waals surface area contributed by atoms with E-state index in [1.54, 1.807) is 0 Å². The van der Waals surface area contributed by atoms with Gasteiger partial charge < -0.3 is 0 Å². The second-order valence-corrected chi connectivity index (χ2v) is 3.96. The van der Waals surface area contributed by atoms with Gasteiger partial charge in [0.15, 0.2) is 0 Å². The molecule has 0 bridgehead atoms. The Hall–Kier alpha value is -0.780. The summed E-state index contributed by atoms with van der Waals surface area (Å²) in [5.41, 5.74) is 4.15. The maximum Gasteiger partial charge on any atom is -0.0222 e. The normalized spacial score (nSPS) is 11.4. The van der Waals surface area contributed by atoms with Crippen molar-refractivity contribution in [3.63, 3.8) is 0 Å². The fourth-order valence-corrected chi connectivity index (χ4v) is 1.01. The Balaban J connectivity index is 0. The van der Waals surface area contributed by atoms with Crippen LogP contribution in [0.4, 0.5) is 0 Å². The molecule has 0 atom stereocenters. The number of hydrogen-bond acceptors (Lipinski definition) is 0. The molecule has 0 saturated heterocycles. The zero-order valence-electron chi connectivity index (χ0n) is 11.8. The Kier molecular flexibility index (Phi) is 10.8. The predicted molar refractivity (Wildman–Crippen MR) is 73.1 cm³/mol. The fourth-order valence-electron chi connectivity index (χ4n) is 1.01. The molecule has 0 nitrogen and oxygen atoms in total. The van der Waals surface area contributed by atoms with Gasteiger partial charge in [0.25, 0.3) is 0 Å². The quantitative estimate of drug-likeness (QED) is 0.535. The molecule has 0 heteroatoms. The first-order chi connectivity index (χ1) is 6.99. The Morgan fingerprint density at radius 1 is 0.933 bits per heavy atom. The molecule has 0 fully saturated rings. The van der Waals surface area contributed by atoms with E-state index in [2.05, 4.69) is 59.8 Å². The summed E-state index contributed by atoms with van der Waals surface area (Å²) < 4.78 is 0. The predicted octanol–water partition coefficient (Wildman–Crippen LogP) is 5.53. The molecule has 0 radical (unpaired) electrons. The zero-order chi connectivity index (χ0) is 12.4. The van der Waals surface area contributed by atoms with Crippen molar-refractivity contribution in [1.29, 1.82) is 0 Å². The summed E-state index contributed by atoms with van der Waals surface area (Å²) >= 11 is 0. The molecule has 0 N–H and O–H groups in total. The van der Waals surface area contributed by atoms with Crippen LogP contribution in [0.25, 0.3) is 0 Å². The summed E-state index contributed by atoms with van der Waals surface area (Å²) in [5, 5.41) is 0. The average molecular weight is 208 g/mol. The van der Waals surface area contributed by atoms with E-state index in [4.69, 9.17) is 0 Å². The Labute approximate surface area is 96.8 Å². The maximum atomic E-state index is 2.22. The highest BCUT2D eigenvalue weighted by Crippen LogP contribution is 2.13. The van der Waals surface area contributed by atoms with Crippen LogP contribution in [-0.2, 0) is 0 Å². The summed E-state index contributed by atoms with van der Waals surface area (Å²) in [4.78, 5) is 0. The van der Waals surface area contributed by atoms with Gasteiger partial charge >= 0.3 is 0 Å². The van der Waals surface area contributed by atoms with Crippen LogP contribution in [0.2, 0.25) is 0 Å². The van der Waals surface area contributed by atoms with Crippen molar-refractivity contribution < 1.29 is 0 Å². The van der Waals surface area contributed by atoms with E-state index in [9.17, 15) is 0 Å². The van der Waals surface area contributed by atoms with Crippen LogP contribution in [0.3, 0.4) is 0 Å². The van der Waals surface area contributed by atoms with Crippen molar-refractivity contribution >= 4 is 0 Å². The molecule has 0 spiro atoms. The van der Waals surface area contributed by atoms with E-state index < -0.39 is 0 Å². The molecule has 0 aromatic carbocycles. The lowest BCUT2D eigenvalue weighted by molar-refractivity contribution is 0.789. The topological polar surface area (TPSA) is 0 Å². The first-order valence-corrected chi connectivity index (χ1v) is 5.97. The molecule has 0 aliphatic rings. The van der Waals surface area contributed by atoms with Crippen LogP contribution in [0.15, 0.2) is 34.9 Å². The summed E-state index contributed by atoms with van der Waals surface area (Å²) in [6.07, 6.45) is 6.59. The Morgan fingerprint density at radius 2 is 1.40 bits per heavy atom. The van der Waals surface area contributed by atoms with Crippen LogP contribution in [0, 0.1) is 5.92 Å². The lowest BCUT2D eigenvalue weighted by atomic mass is 10.0. The third-order valence-electron chi connectivity index (χ3n) is 2.31. The number of rotatable bonds is 3. The highest BCUT2D eigenvalue weighted by atomic mass is 14.0. The summed E-state index contributed by atoms with van der Waals surface area (Å²) in [6, 6.07) is 0. The van der Waals surface area contributed by atoms with Crippen LogP contribution in [0.1, 0.15) is 55.4 Å². The Bertz CT molecular complexity index is 233. The van der Waals surface area contributed by atoms with Gasteiger partial charge in [-0.3, -0.25) is 0 Å². The summed E-state index contributed by atoms with van der Waals surface area (Å²) in [6.45, 7) is 17.0. The monoisotopic (exact) mass is 208 g/mol. The highest BCUT2D eigenvalue weighted by molar-refractivity contribution is 5.29. The second kappa shape index (κ2) is 9.76. The molecule has 0 heterocycles. The van der Waals surface area contributed by atoms with Crippen LogP contribution >= 0.6 is 0 Å². The van der Waals surface area contributed by atoms with Crippen molar-refractivity contribution in [2.75, 3.05) is 0 Å². The lowest BCUT2D eigenvalue weighted by Gasteiger charge is -2.05. The van der Waals surface area contributed by atoms with Crippen molar-refractivity contribution in [3.8, 4) is 0 Å². The van der Waals surface area contributed by atoms with Crippen molar-refractivity contribution in [2.45, 2.75) is 55.4 Å². The van der Waals surface area contributed by atoms with E-state index in [1.165, 1.54) is 16.7 Å². The summed E-state index contributed by atoms with van der Waals surface area (Å²) in [5.74, 6) is 0.617. The van der Waals surface area contributed by atoms with Crippen LogP contribution in [-0.4, -0.2) is 0 Å². The van der Waals surface area contributed by atoms with Gasteiger partial charge in [-0.2, -0.15) is 0 Å². The minimum atomic E-state index is 0.617. The summed E-state index contributed by atoms with van der Waals surface area (Å²) in [7, 11) is 0. The second-order valence-electron chi connectivity index (χ2n) is 3.96. The fraction of sp³-hybridized carbons (Fsp3) is 0.600. The van der Waals surface area contributed by atoms with E-state index in [-0.39, 0.29) is 0 Å². The molecule has 0 aromatic heterocycles. The zero-order valence-corrected chi connectivity index (χ0v) is 11.8. The molecule has 88 valence electrons. The van der Waals surface area contributed by atoms with Gasteiger partial charge in [-0.25, -0.2) is 0 Å². The van der Waals surface area contributed by atoms with Crippen LogP contribution < -0.4 is 0 Å². The minimum absolute atomic E-state index is 0.617. The average Bonchev–Trinajstić information content (AvgIpc) is 2.20. The molecule has 0 aliphatic heterocycles. The smallest absolute Gasteiger partial charge is 0.0222 e. The molecule has 0 saturated carbocycles. The molecular formula is C15H28. The third kappa shape index (κ3) is 8.23. The molecule has 0 rings (SSSR count). The first-order valence-electron chi connectivity index (χ1n) is 5.97. The molecule has 0 amide bonds. The van der Waals surface area contributed by atoms with Crippen molar-refractivity contribution in [2.24, 2.45) is 5.92 Å². The van der Waals surface area contributed by atoms with Gasteiger partial charge in [0, 0.05) is 0 Å². The first kappa shape index (κ1) is 16.6. The van der Waals surface area contributed by atoms with E-state index in [1.807, 2.05) is 13.8 Å². The number of hydrogen-bond donors (Lipinski definition) is 0. The highest BCUT2D eigenvalue weighted by Gasteiger charge is 1.96. The molecule has 0 aliphatic carbocycles.